The summed E-state index contributed by atoms with van der Waals surface area (Å²) in [5, 5.41) is 8.56. The number of hydrogen-bond acceptors (Lipinski definition) is 4. The van der Waals surface area contributed by atoms with E-state index in [4.69, 9.17) is 9.84 Å². The van der Waals surface area contributed by atoms with Crippen LogP contribution in [-0.2, 0) is 16.0 Å². The van der Waals surface area contributed by atoms with Gasteiger partial charge in [0.2, 0.25) is 0 Å². The Labute approximate surface area is 99.9 Å². The van der Waals surface area contributed by atoms with Crippen molar-refractivity contribution in [2.45, 2.75) is 31.6 Å². The summed E-state index contributed by atoms with van der Waals surface area (Å²) in [5.41, 5.74) is 1.13. The molecule has 1 aliphatic heterocycles. The molecule has 0 spiro atoms. The molecule has 1 saturated heterocycles. The van der Waals surface area contributed by atoms with Crippen molar-refractivity contribution in [3.8, 4) is 0 Å². The second-order valence-electron chi connectivity index (χ2n) is 4.21. The van der Waals surface area contributed by atoms with Crippen molar-refractivity contribution in [1.82, 2.24) is 9.97 Å². The number of hydrogen-bond donors (Lipinski definition) is 1. The fraction of sp³-hybridized carbons (Fsp3) is 0.583. The highest BCUT2D eigenvalue weighted by Gasteiger charge is 2.16. The molecule has 1 fully saturated rings. The topological polar surface area (TPSA) is 72.3 Å². The molecule has 0 amide bonds. The summed E-state index contributed by atoms with van der Waals surface area (Å²) < 4.78 is 5.30. The number of aromatic nitrogens is 2. The molecule has 2 heterocycles. The molecule has 1 aromatic rings. The van der Waals surface area contributed by atoms with Crippen molar-refractivity contribution in [2.75, 3.05) is 13.2 Å². The van der Waals surface area contributed by atoms with Crippen LogP contribution in [0, 0.1) is 0 Å². The highest BCUT2D eigenvalue weighted by molar-refractivity contribution is 5.66. The number of aryl methyl sites for hydroxylation is 1. The standard InChI is InChI=1S/C12H16N2O3/c15-12(16)2-1-11-13-7-10(8-14-11)9-3-5-17-6-4-9/h7-9H,1-6H2,(H,15,16). The number of rotatable bonds is 4. The first-order valence-electron chi connectivity index (χ1n) is 5.86. The van der Waals surface area contributed by atoms with Crippen LogP contribution >= 0.6 is 0 Å². The third-order valence-electron chi connectivity index (χ3n) is 2.98. The van der Waals surface area contributed by atoms with E-state index in [1.54, 1.807) is 0 Å². The minimum Gasteiger partial charge on any atom is -0.481 e. The van der Waals surface area contributed by atoms with E-state index in [9.17, 15) is 4.79 Å². The van der Waals surface area contributed by atoms with Crippen molar-refractivity contribution < 1.29 is 14.6 Å². The Morgan fingerprint density at radius 3 is 2.59 bits per heavy atom. The predicted octanol–water partition coefficient (Wildman–Crippen LogP) is 1.39. The average Bonchev–Trinajstić information content (AvgIpc) is 2.38. The molecule has 5 heteroatoms. The normalized spacial score (nSPS) is 16.9. The Kier molecular flexibility index (Phi) is 4.03. The molecule has 92 valence electrons. The van der Waals surface area contributed by atoms with Crippen LogP contribution in [0.5, 0.6) is 0 Å². The Morgan fingerprint density at radius 1 is 1.35 bits per heavy atom. The quantitative estimate of drug-likeness (QED) is 0.855. The maximum absolute atomic E-state index is 10.4. The van der Waals surface area contributed by atoms with E-state index in [2.05, 4.69) is 9.97 Å². The fourth-order valence-corrected chi connectivity index (χ4v) is 1.95. The summed E-state index contributed by atoms with van der Waals surface area (Å²) in [6, 6.07) is 0. The Bertz CT molecular complexity index is 372. The first-order valence-corrected chi connectivity index (χ1v) is 5.86. The van der Waals surface area contributed by atoms with Gasteiger partial charge < -0.3 is 9.84 Å². The summed E-state index contributed by atoms with van der Waals surface area (Å²) in [7, 11) is 0. The number of carboxylic acid groups (broad SMARTS) is 1. The number of ether oxygens (including phenoxy) is 1. The molecule has 2 rings (SSSR count). The van der Waals surface area contributed by atoms with Crippen LogP contribution in [0.4, 0.5) is 0 Å². The van der Waals surface area contributed by atoms with Gasteiger partial charge in [0, 0.05) is 32.0 Å². The fourth-order valence-electron chi connectivity index (χ4n) is 1.95. The monoisotopic (exact) mass is 236 g/mol. The summed E-state index contributed by atoms with van der Waals surface area (Å²) in [5.74, 6) is 0.266. The Hall–Kier alpha value is -1.49. The largest absolute Gasteiger partial charge is 0.481 e. The Balaban J connectivity index is 1.94. The van der Waals surface area contributed by atoms with Gasteiger partial charge >= 0.3 is 5.97 Å². The highest BCUT2D eigenvalue weighted by Crippen LogP contribution is 2.25. The number of carboxylic acids is 1. The van der Waals surface area contributed by atoms with Gasteiger partial charge in [-0.05, 0) is 24.3 Å². The van der Waals surface area contributed by atoms with Crippen LogP contribution in [0.3, 0.4) is 0 Å². The van der Waals surface area contributed by atoms with Gasteiger partial charge in [-0.2, -0.15) is 0 Å². The van der Waals surface area contributed by atoms with Crippen molar-refractivity contribution in [2.24, 2.45) is 0 Å². The summed E-state index contributed by atoms with van der Waals surface area (Å²) in [4.78, 5) is 18.8. The van der Waals surface area contributed by atoms with E-state index in [0.29, 0.717) is 18.2 Å². The molecule has 0 radical (unpaired) electrons. The van der Waals surface area contributed by atoms with Crippen LogP contribution in [-0.4, -0.2) is 34.3 Å². The van der Waals surface area contributed by atoms with Crippen molar-refractivity contribution in [3.63, 3.8) is 0 Å². The molecule has 5 nitrogen and oxygen atoms in total. The van der Waals surface area contributed by atoms with Gasteiger partial charge in [0.25, 0.3) is 0 Å². The van der Waals surface area contributed by atoms with Gasteiger partial charge in [-0.15, -0.1) is 0 Å². The molecule has 0 aromatic carbocycles. The first kappa shape index (κ1) is 12.0. The van der Waals surface area contributed by atoms with Crippen LogP contribution < -0.4 is 0 Å². The lowest BCUT2D eigenvalue weighted by molar-refractivity contribution is -0.137. The molecular formula is C12H16N2O3. The number of carbonyl (C=O) groups is 1. The summed E-state index contributed by atoms with van der Waals surface area (Å²) >= 11 is 0. The van der Waals surface area contributed by atoms with E-state index < -0.39 is 5.97 Å². The highest BCUT2D eigenvalue weighted by atomic mass is 16.5. The maximum atomic E-state index is 10.4. The summed E-state index contributed by atoms with van der Waals surface area (Å²) in [6.45, 7) is 1.59. The van der Waals surface area contributed by atoms with Gasteiger partial charge in [-0.25, -0.2) is 9.97 Å². The molecule has 0 aliphatic carbocycles. The van der Waals surface area contributed by atoms with Crippen LogP contribution in [0.15, 0.2) is 12.4 Å². The number of nitrogens with zero attached hydrogens (tertiary/aromatic N) is 2. The molecule has 0 bridgehead atoms. The van der Waals surface area contributed by atoms with E-state index in [1.807, 2.05) is 12.4 Å². The van der Waals surface area contributed by atoms with Crippen LogP contribution in [0.1, 0.15) is 36.6 Å². The van der Waals surface area contributed by atoms with Crippen molar-refractivity contribution >= 4 is 5.97 Å². The second kappa shape index (κ2) is 5.72. The molecular weight excluding hydrogens is 220 g/mol. The zero-order chi connectivity index (χ0) is 12.1. The minimum atomic E-state index is -0.817. The molecule has 0 unspecified atom stereocenters. The zero-order valence-corrected chi connectivity index (χ0v) is 9.63. The van der Waals surface area contributed by atoms with Crippen molar-refractivity contribution in [1.29, 1.82) is 0 Å². The number of aliphatic carboxylic acids is 1. The van der Waals surface area contributed by atoms with Gasteiger partial charge in [-0.1, -0.05) is 0 Å². The first-order chi connectivity index (χ1) is 8.25. The predicted molar refractivity (Wildman–Crippen MR) is 60.8 cm³/mol. The molecule has 0 atom stereocenters. The van der Waals surface area contributed by atoms with E-state index in [-0.39, 0.29) is 6.42 Å². The van der Waals surface area contributed by atoms with Gasteiger partial charge in [0.05, 0.1) is 6.42 Å². The van der Waals surface area contributed by atoms with E-state index in [0.717, 1.165) is 31.6 Å². The molecule has 17 heavy (non-hydrogen) atoms. The second-order valence-corrected chi connectivity index (χ2v) is 4.21. The van der Waals surface area contributed by atoms with Gasteiger partial charge in [0.15, 0.2) is 0 Å². The van der Waals surface area contributed by atoms with Gasteiger partial charge in [0.1, 0.15) is 5.82 Å². The molecule has 1 aliphatic rings. The lowest BCUT2D eigenvalue weighted by Crippen LogP contribution is -2.14. The van der Waals surface area contributed by atoms with E-state index >= 15 is 0 Å². The van der Waals surface area contributed by atoms with Crippen LogP contribution in [0.25, 0.3) is 0 Å². The molecule has 0 saturated carbocycles. The lowest BCUT2D eigenvalue weighted by Gasteiger charge is -2.21. The van der Waals surface area contributed by atoms with Gasteiger partial charge in [-0.3, -0.25) is 4.79 Å². The molecule has 1 aromatic heterocycles. The Morgan fingerprint density at radius 2 is 2.00 bits per heavy atom. The molecule has 1 N–H and O–H groups in total. The third kappa shape index (κ3) is 3.49. The SMILES string of the molecule is O=C(O)CCc1ncc(C2CCOCC2)cn1. The third-order valence-corrected chi connectivity index (χ3v) is 2.98. The zero-order valence-electron chi connectivity index (χ0n) is 9.63. The lowest BCUT2D eigenvalue weighted by atomic mass is 9.94. The smallest absolute Gasteiger partial charge is 0.303 e. The average molecular weight is 236 g/mol. The van der Waals surface area contributed by atoms with Crippen molar-refractivity contribution in [3.05, 3.63) is 23.8 Å². The summed E-state index contributed by atoms with van der Waals surface area (Å²) in [6.07, 6.45) is 6.13. The van der Waals surface area contributed by atoms with E-state index in [1.165, 1.54) is 0 Å². The minimum absolute atomic E-state index is 0.0800. The maximum Gasteiger partial charge on any atom is 0.303 e. The van der Waals surface area contributed by atoms with Crippen LogP contribution in [0.2, 0.25) is 0 Å².